The number of anilines is 1. The number of aromatic nitrogens is 2. The van der Waals surface area contributed by atoms with Crippen LogP contribution in [0, 0.1) is 0 Å². The molecule has 100 valence electrons. The van der Waals surface area contributed by atoms with E-state index in [1.807, 2.05) is 30.3 Å². The van der Waals surface area contributed by atoms with Crippen molar-refractivity contribution in [3.63, 3.8) is 0 Å². The largest absolute Gasteiger partial charge is 0.497 e. The first-order valence-corrected chi connectivity index (χ1v) is 6.55. The third-order valence-electron chi connectivity index (χ3n) is 2.85. The number of nitrogens with one attached hydrogen (secondary N) is 1. The van der Waals surface area contributed by atoms with Crippen LogP contribution in [0.4, 0.5) is 5.95 Å². The summed E-state index contributed by atoms with van der Waals surface area (Å²) in [6, 6.07) is 9.77. The maximum atomic E-state index is 5.15. The average Bonchev–Trinajstić information content (AvgIpc) is 2.48. The summed E-state index contributed by atoms with van der Waals surface area (Å²) in [6.07, 6.45) is 4.06. The molecule has 0 saturated carbocycles. The molecule has 1 aromatic heterocycles. The number of nitrogens with zero attached hydrogens (tertiary/aromatic N) is 2. The number of rotatable bonds is 6. The molecule has 19 heavy (non-hydrogen) atoms. The van der Waals surface area contributed by atoms with E-state index in [1.165, 1.54) is 0 Å². The summed E-state index contributed by atoms with van der Waals surface area (Å²) < 4.78 is 5.15. The Morgan fingerprint density at radius 2 is 1.95 bits per heavy atom. The lowest BCUT2D eigenvalue weighted by Gasteiger charge is -2.06. The van der Waals surface area contributed by atoms with Crippen LogP contribution in [0.25, 0.3) is 11.3 Å². The summed E-state index contributed by atoms with van der Waals surface area (Å²) in [5.74, 6) is 1.53. The number of hydrogen-bond acceptors (Lipinski definition) is 4. The highest BCUT2D eigenvalue weighted by Gasteiger charge is 2.02. The van der Waals surface area contributed by atoms with E-state index >= 15 is 0 Å². The van der Waals surface area contributed by atoms with Crippen molar-refractivity contribution in [1.29, 1.82) is 0 Å². The fraction of sp³-hybridized carbons (Fsp3) is 0.333. The van der Waals surface area contributed by atoms with Gasteiger partial charge in [-0.2, -0.15) is 0 Å². The second kappa shape index (κ2) is 6.73. The third-order valence-corrected chi connectivity index (χ3v) is 2.85. The molecule has 0 bridgehead atoms. The number of unbranched alkanes of at least 4 members (excludes halogenated alkanes) is 1. The molecule has 0 atom stereocenters. The van der Waals surface area contributed by atoms with Crippen LogP contribution >= 0.6 is 0 Å². The van der Waals surface area contributed by atoms with Crippen LogP contribution in [0.1, 0.15) is 19.8 Å². The molecule has 0 spiro atoms. The second-order valence-corrected chi connectivity index (χ2v) is 4.27. The molecule has 1 heterocycles. The van der Waals surface area contributed by atoms with E-state index < -0.39 is 0 Å². The molecule has 0 aliphatic rings. The zero-order chi connectivity index (χ0) is 13.5. The summed E-state index contributed by atoms with van der Waals surface area (Å²) >= 11 is 0. The highest BCUT2D eigenvalue weighted by Crippen LogP contribution is 2.20. The highest BCUT2D eigenvalue weighted by molar-refractivity contribution is 5.60. The monoisotopic (exact) mass is 257 g/mol. The summed E-state index contributed by atoms with van der Waals surface area (Å²) in [7, 11) is 1.66. The van der Waals surface area contributed by atoms with Gasteiger partial charge in [-0.3, -0.25) is 0 Å². The van der Waals surface area contributed by atoms with Gasteiger partial charge in [0.15, 0.2) is 0 Å². The number of benzene rings is 1. The van der Waals surface area contributed by atoms with Crippen molar-refractivity contribution in [2.75, 3.05) is 19.0 Å². The van der Waals surface area contributed by atoms with Crippen LogP contribution in [0.5, 0.6) is 5.75 Å². The molecule has 2 rings (SSSR count). The minimum atomic E-state index is 0.682. The summed E-state index contributed by atoms with van der Waals surface area (Å²) in [5, 5.41) is 3.23. The molecule has 0 amide bonds. The Bertz CT molecular complexity index is 511. The lowest BCUT2D eigenvalue weighted by molar-refractivity contribution is 0.415. The Morgan fingerprint density at radius 1 is 1.16 bits per heavy atom. The molecule has 0 aliphatic carbocycles. The van der Waals surface area contributed by atoms with Crippen molar-refractivity contribution >= 4 is 5.95 Å². The van der Waals surface area contributed by atoms with E-state index in [9.17, 15) is 0 Å². The van der Waals surface area contributed by atoms with E-state index in [2.05, 4.69) is 22.2 Å². The minimum Gasteiger partial charge on any atom is -0.497 e. The van der Waals surface area contributed by atoms with Crippen molar-refractivity contribution < 1.29 is 4.74 Å². The highest BCUT2D eigenvalue weighted by atomic mass is 16.5. The molecule has 1 aromatic carbocycles. The van der Waals surface area contributed by atoms with Crippen molar-refractivity contribution in [3.05, 3.63) is 36.5 Å². The van der Waals surface area contributed by atoms with Gasteiger partial charge in [0.25, 0.3) is 0 Å². The van der Waals surface area contributed by atoms with Gasteiger partial charge < -0.3 is 10.1 Å². The zero-order valence-electron chi connectivity index (χ0n) is 11.4. The van der Waals surface area contributed by atoms with E-state index in [1.54, 1.807) is 13.3 Å². The summed E-state index contributed by atoms with van der Waals surface area (Å²) in [4.78, 5) is 8.73. The van der Waals surface area contributed by atoms with Crippen molar-refractivity contribution in [3.8, 4) is 17.0 Å². The number of hydrogen-bond donors (Lipinski definition) is 1. The van der Waals surface area contributed by atoms with Crippen molar-refractivity contribution in [2.45, 2.75) is 19.8 Å². The summed E-state index contributed by atoms with van der Waals surface area (Å²) in [6.45, 7) is 3.07. The molecule has 2 aromatic rings. The third kappa shape index (κ3) is 3.68. The Hall–Kier alpha value is -2.10. The Kier molecular flexibility index (Phi) is 4.72. The van der Waals surface area contributed by atoms with Gasteiger partial charge in [0.2, 0.25) is 5.95 Å². The van der Waals surface area contributed by atoms with E-state index in [-0.39, 0.29) is 0 Å². The average molecular weight is 257 g/mol. The van der Waals surface area contributed by atoms with E-state index in [0.29, 0.717) is 5.95 Å². The van der Waals surface area contributed by atoms with E-state index in [0.717, 1.165) is 36.4 Å². The first-order chi connectivity index (χ1) is 9.33. The molecule has 0 fully saturated rings. The quantitative estimate of drug-likeness (QED) is 0.806. The first kappa shape index (κ1) is 13.3. The molecular weight excluding hydrogens is 238 g/mol. The standard InChI is InChI=1S/C15H19N3O/c1-3-4-10-16-15-17-11-9-14(18-15)12-5-7-13(19-2)8-6-12/h5-9,11H,3-4,10H2,1-2H3,(H,16,17,18). The fourth-order valence-corrected chi connectivity index (χ4v) is 1.74. The maximum absolute atomic E-state index is 5.15. The normalized spacial score (nSPS) is 10.2. The van der Waals surface area contributed by atoms with Gasteiger partial charge in [-0.15, -0.1) is 0 Å². The molecule has 0 unspecified atom stereocenters. The molecule has 4 nitrogen and oxygen atoms in total. The number of ether oxygens (including phenoxy) is 1. The Labute approximate surface area is 113 Å². The molecule has 1 N–H and O–H groups in total. The first-order valence-electron chi connectivity index (χ1n) is 6.55. The smallest absolute Gasteiger partial charge is 0.223 e. The van der Waals surface area contributed by atoms with Crippen LogP contribution in [-0.2, 0) is 0 Å². The van der Waals surface area contributed by atoms with Crippen LogP contribution in [0.3, 0.4) is 0 Å². The Morgan fingerprint density at radius 3 is 2.63 bits per heavy atom. The SMILES string of the molecule is CCCCNc1nccc(-c2ccc(OC)cc2)n1. The summed E-state index contributed by atoms with van der Waals surface area (Å²) in [5.41, 5.74) is 1.97. The topological polar surface area (TPSA) is 47.0 Å². The van der Waals surface area contributed by atoms with Gasteiger partial charge in [-0.1, -0.05) is 13.3 Å². The van der Waals surface area contributed by atoms with Gasteiger partial charge in [0.05, 0.1) is 12.8 Å². The Balaban J connectivity index is 2.12. The van der Waals surface area contributed by atoms with Gasteiger partial charge in [0, 0.05) is 18.3 Å². The van der Waals surface area contributed by atoms with Crippen molar-refractivity contribution in [2.24, 2.45) is 0 Å². The second-order valence-electron chi connectivity index (χ2n) is 4.27. The molecule has 0 radical (unpaired) electrons. The fourth-order valence-electron chi connectivity index (χ4n) is 1.74. The van der Waals surface area contributed by atoms with Gasteiger partial charge in [-0.05, 0) is 36.8 Å². The lowest BCUT2D eigenvalue weighted by atomic mass is 10.1. The predicted octanol–water partition coefficient (Wildman–Crippen LogP) is 3.36. The minimum absolute atomic E-state index is 0.682. The van der Waals surface area contributed by atoms with Gasteiger partial charge >= 0.3 is 0 Å². The molecular formula is C15H19N3O. The maximum Gasteiger partial charge on any atom is 0.223 e. The van der Waals surface area contributed by atoms with Gasteiger partial charge in [-0.25, -0.2) is 9.97 Å². The number of methoxy groups -OCH3 is 1. The van der Waals surface area contributed by atoms with Crippen LogP contribution in [-0.4, -0.2) is 23.6 Å². The van der Waals surface area contributed by atoms with Crippen LogP contribution in [0.2, 0.25) is 0 Å². The van der Waals surface area contributed by atoms with Gasteiger partial charge in [0.1, 0.15) is 5.75 Å². The molecule has 0 saturated heterocycles. The van der Waals surface area contributed by atoms with Crippen LogP contribution < -0.4 is 10.1 Å². The zero-order valence-corrected chi connectivity index (χ0v) is 11.4. The van der Waals surface area contributed by atoms with Crippen LogP contribution in [0.15, 0.2) is 36.5 Å². The van der Waals surface area contributed by atoms with E-state index in [4.69, 9.17) is 4.74 Å². The van der Waals surface area contributed by atoms with Crippen molar-refractivity contribution in [1.82, 2.24) is 9.97 Å². The molecule has 0 aliphatic heterocycles. The lowest BCUT2D eigenvalue weighted by Crippen LogP contribution is -2.05. The predicted molar refractivity (Wildman–Crippen MR) is 77.4 cm³/mol. The molecule has 4 heteroatoms.